The molecule has 0 spiro atoms. The summed E-state index contributed by atoms with van der Waals surface area (Å²) in [6, 6.07) is 12.3. The smallest absolute Gasteiger partial charge is 0.256 e. The van der Waals surface area contributed by atoms with Crippen LogP contribution in [0.5, 0.6) is 0 Å². The fourth-order valence-corrected chi connectivity index (χ4v) is 6.11. The zero-order chi connectivity index (χ0) is 24.5. The molecule has 0 radical (unpaired) electrons. The van der Waals surface area contributed by atoms with Gasteiger partial charge >= 0.3 is 0 Å². The monoisotopic (exact) mass is 522 g/mol. The summed E-state index contributed by atoms with van der Waals surface area (Å²) < 4.78 is 32.8. The summed E-state index contributed by atoms with van der Waals surface area (Å²) in [6.45, 7) is 4.35. The van der Waals surface area contributed by atoms with Gasteiger partial charge in [0, 0.05) is 26.2 Å². The molecule has 1 fully saturated rings. The van der Waals surface area contributed by atoms with Gasteiger partial charge in [-0.1, -0.05) is 46.6 Å². The fraction of sp³-hybridized carbons (Fsp3) is 0.304. The third kappa shape index (κ3) is 4.79. The lowest BCUT2D eigenvalue weighted by Crippen LogP contribution is -2.37. The summed E-state index contributed by atoms with van der Waals surface area (Å²) in [5.74, 6) is 0.0622. The lowest BCUT2D eigenvalue weighted by Gasteiger charge is -2.23. The van der Waals surface area contributed by atoms with E-state index in [1.807, 2.05) is 6.07 Å². The van der Waals surface area contributed by atoms with Crippen molar-refractivity contribution < 1.29 is 17.7 Å². The van der Waals surface area contributed by atoms with Gasteiger partial charge < -0.3 is 14.7 Å². The quantitative estimate of drug-likeness (QED) is 0.512. The van der Waals surface area contributed by atoms with E-state index in [0.717, 1.165) is 0 Å². The highest BCUT2D eigenvalue weighted by atomic mass is 35.5. The van der Waals surface area contributed by atoms with Gasteiger partial charge in [-0.25, -0.2) is 8.42 Å². The molecular weight excluding hydrogens is 499 g/mol. The highest BCUT2D eigenvalue weighted by Crippen LogP contribution is 2.33. The number of anilines is 2. The second-order valence-corrected chi connectivity index (χ2v) is 10.6. The number of amides is 1. The number of hydrogen-bond acceptors (Lipinski definition) is 6. The Morgan fingerprint density at radius 1 is 1.00 bits per heavy atom. The van der Waals surface area contributed by atoms with Crippen molar-refractivity contribution in [2.75, 3.05) is 31.5 Å². The summed E-state index contributed by atoms with van der Waals surface area (Å²) >= 11 is 12.4. The van der Waals surface area contributed by atoms with Gasteiger partial charge in [-0.3, -0.25) is 4.79 Å². The highest BCUT2D eigenvalue weighted by molar-refractivity contribution is 7.89. The molecule has 3 aromatic rings. The fourth-order valence-electron chi connectivity index (χ4n) is 4.00. The van der Waals surface area contributed by atoms with Gasteiger partial charge in [-0.15, -0.1) is 0 Å². The van der Waals surface area contributed by atoms with Crippen LogP contribution in [0.1, 0.15) is 28.2 Å². The van der Waals surface area contributed by atoms with Crippen LogP contribution in [0, 0.1) is 13.8 Å². The molecule has 1 N–H and O–H groups in total. The third-order valence-electron chi connectivity index (χ3n) is 5.69. The number of hydrogen-bond donors (Lipinski definition) is 1. The maximum absolute atomic E-state index is 13.4. The van der Waals surface area contributed by atoms with Crippen molar-refractivity contribution in [2.45, 2.75) is 25.2 Å². The summed E-state index contributed by atoms with van der Waals surface area (Å²) in [5.41, 5.74) is 1.96. The maximum atomic E-state index is 13.4. The van der Waals surface area contributed by atoms with E-state index in [1.165, 1.54) is 4.31 Å². The Kier molecular flexibility index (Phi) is 7.18. The molecule has 4 rings (SSSR count). The summed E-state index contributed by atoms with van der Waals surface area (Å²) in [7, 11) is -3.78. The predicted octanol–water partition coefficient (Wildman–Crippen LogP) is 4.88. The largest absolute Gasteiger partial charge is 0.360 e. The SMILES string of the molecule is Cc1noc(C)c1S(=O)(=O)N1CCCN(C(=O)c2ccccc2Nc2cccc(Cl)c2Cl)CC1. The van der Waals surface area contributed by atoms with Crippen LogP contribution in [0.4, 0.5) is 11.4 Å². The number of carbonyl (C=O) groups is 1. The van der Waals surface area contributed by atoms with Crippen molar-refractivity contribution in [1.82, 2.24) is 14.4 Å². The number of aryl methyl sites for hydroxylation is 2. The summed E-state index contributed by atoms with van der Waals surface area (Å²) in [4.78, 5) is 15.2. The molecule has 0 unspecified atom stereocenters. The normalized spacial score (nSPS) is 15.2. The Hall–Kier alpha value is -2.59. The number of sulfonamides is 1. The average Bonchev–Trinajstić information content (AvgIpc) is 3.00. The predicted molar refractivity (Wildman–Crippen MR) is 131 cm³/mol. The molecule has 180 valence electrons. The lowest BCUT2D eigenvalue weighted by molar-refractivity contribution is 0.0765. The average molecular weight is 523 g/mol. The van der Waals surface area contributed by atoms with E-state index >= 15 is 0 Å². The minimum Gasteiger partial charge on any atom is -0.360 e. The van der Waals surface area contributed by atoms with Crippen LogP contribution < -0.4 is 5.32 Å². The highest BCUT2D eigenvalue weighted by Gasteiger charge is 2.33. The minimum absolute atomic E-state index is 0.0974. The Labute approximate surface area is 208 Å². The number of nitrogens with one attached hydrogen (secondary N) is 1. The van der Waals surface area contributed by atoms with Crippen LogP contribution in [0.3, 0.4) is 0 Å². The van der Waals surface area contributed by atoms with Gasteiger partial charge in [-0.2, -0.15) is 4.31 Å². The lowest BCUT2D eigenvalue weighted by atomic mass is 10.1. The molecule has 1 aromatic heterocycles. The number of benzene rings is 2. The number of para-hydroxylation sites is 1. The first-order valence-electron chi connectivity index (χ1n) is 10.7. The van der Waals surface area contributed by atoms with Crippen molar-refractivity contribution in [3.63, 3.8) is 0 Å². The molecule has 1 amide bonds. The van der Waals surface area contributed by atoms with E-state index in [-0.39, 0.29) is 29.7 Å². The van der Waals surface area contributed by atoms with E-state index < -0.39 is 10.0 Å². The summed E-state index contributed by atoms with van der Waals surface area (Å²) in [6.07, 6.45) is 0.504. The minimum atomic E-state index is -3.78. The molecule has 0 aliphatic carbocycles. The van der Waals surface area contributed by atoms with Crippen molar-refractivity contribution in [1.29, 1.82) is 0 Å². The van der Waals surface area contributed by atoms with E-state index in [2.05, 4.69) is 10.5 Å². The topological polar surface area (TPSA) is 95.8 Å². The van der Waals surface area contributed by atoms with Crippen molar-refractivity contribution in [3.8, 4) is 0 Å². The second-order valence-electron chi connectivity index (χ2n) is 7.98. The molecule has 1 aliphatic heterocycles. The zero-order valence-electron chi connectivity index (χ0n) is 18.7. The van der Waals surface area contributed by atoms with E-state index in [1.54, 1.807) is 55.1 Å². The first-order chi connectivity index (χ1) is 16.2. The van der Waals surface area contributed by atoms with Crippen LogP contribution in [0.25, 0.3) is 0 Å². The van der Waals surface area contributed by atoms with E-state index in [9.17, 15) is 13.2 Å². The van der Waals surface area contributed by atoms with Crippen LogP contribution >= 0.6 is 23.2 Å². The van der Waals surface area contributed by atoms with Crippen molar-refractivity contribution >= 4 is 50.5 Å². The van der Waals surface area contributed by atoms with Gasteiger partial charge in [0.25, 0.3) is 5.91 Å². The molecule has 2 heterocycles. The molecule has 8 nitrogen and oxygen atoms in total. The Morgan fingerprint density at radius 2 is 1.74 bits per heavy atom. The second kappa shape index (κ2) is 9.95. The molecule has 34 heavy (non-hydrogen) atoms. The van der Waals surface area contributed by atoms with Crippen LogP contribution in [-0.2, 0) is 10.0 Å². The van der Waals surface area contributed by atoms with Gasteiger partial charge in [0.15, 0.2) is 5.76 Å². The molecule has 2 aromatic carbocycles. The number of carbonyl (C=O) groups excluding carboxylic acids is 1. The van der Waals surface area contributed by atoms with Gasteiger partial charge in [0.2, 0.25) is 10.0 Å². The number of rotatable bonds is 5. The van der Waals surface area contributed by atoms with Gasteiger partial charge in [0.1, 0.15) is 10.6 Å². The molecule has 11 heteroatoms. The molecular formula is C23H24Cl2N4O4S. The first kappa shape index (κ1) is 24.5. The first-order valence-corrected chi connectivity index (χ1v) is 12.9. The van der Waals surface area contributed by atoms with E-state index in [0.29, 0.717) is 52.2 Å². The summed E-state index contributed by atoms with van der Waals surface area (Å²) in [5, 5.41) is 7.73. The number of halogens is 2. The third-order valence-corrected chi connectivity index (χ3v) is 8.65. The van der Waals surface area contributed by atoms with Gasteiger partial charge in [-0.05, 0) is 44.5 Å². The van der Waals surface area contributed by atoms with Crippen molar-refractivity contribution in [2.24, 2.45) is 0 Å². The molecule has 1 saturated heterocycles. The zero-order valence-corrected chi connectivity index (χ0v) is 21.0. The van der Waals surface area contributed by atoms with Crippen molar-refractivity contribution in [3.05, 3.63) is 69.5 Å². The molecule has 0 atom stereocenters. The van der Waals surface area contributed by atoms with Gasteiger partial charge in [0.05, 0.1) is 27.0 Å². The Balaban J connectivity index is 1.54. The van der Waals surface area contributed by atoms with Crippen LogP contribution in [0.15, 0.2) is 51.9 Å². The Morgan fingerprint density at radius 3 is 2.47 bits per heavy atom. The Bertz CT molecular complexity index is 1310. The molecule has 0 saturated carbocycles. The molecule has 1 aliphatic rings. The van der Waals surface area contributed by atoms with Crippen LogP contribution in [-0.4, -0.2) is 54.9 Å². The van der Waals surface area contributed by atoms with Crippen LogP contribution in [0.2, 0.25) is 10.0 Å². The maximum Gasteiger partial charge on any atom is 0.256 e. The number of nitrogens with zero attached hydrogens (tertiary/aromatic N) is 3. The number of aromatic nitrogens is 1. The molecule has 0 bridgehead atoms. The standard InChI is InChI=1S/C23H24Cl2N4O4S/c1-15-22(16(2)33-27-15)34(31,32)29-12-6-11-28(13-14-29)23(30)17-7-3-4-9-19(17)26-20-10-5-8-18(24)21(20)25/h3-5,7-10,26H,6,11-14H2,1-2H3. The van der Waals surface area contributed by atoms with E-state index in [4.69, 9.17) is 27.7 Å².